The van der Waals surface area contributed by atoms with Crippen LogP contribution in [0, 0.1) is 0 Å². The Balaban J connectivity index is 0.00000112. The Bertz CT molecular complexity index is 579. The molecule has 0 saturated heterocycles. The maximum atomic E-state index is 10.8. The molecule has 0 heterocycles. The predicted octanol–water partition coefficient (Wildman–Crippen LogP) is 2.88. The van der Waals surface area contributed by atoms with Crippen LogP contribution in [0.4, 0.5) is 0 Å². The Morgan fingerprint density at radius 3 is 2.06 bits per heavy atom. The van der Waals surface area contributed by atoms with E-state index in [2.05, 4.69) is 0 Å². The second-order valence-electron chi connectivity index (χ2n) is 2.98. The van der Waals surface area contributed by atoms with E-state index in [9.17, 15) is 8.42 Å². The topological polar surface area (TPSA) is 89.4 Å². The molecule has 0 aromatic heterocycles. The number of fused-ring (bicyclic) bond motifs is 1. The lowest BCUT2D eigenvalue weighted by Gasteiger charge is -1.99. The zero-order chi connectivity index (χ0) is 10.2. The van der Waals surface area contributed by atoms with Crippen molar-refractivity contribution in [1.82, 2.24) is 6.15 Å². The van der Waals surface area contributed by atoms with Crippen LogP contribution in [0.2, 0.25) is 0 Å². The third kappa shape index (κ3) is 2.79. The van der Waals surface area contributed by atoms with Gasteiger partial charge >= 0.3 is 0 Å². The second kappa shape index (κ2) is 5.07. The fourth-order valence-corrected chi connectivity index (χ4v) is 1.84. The molecule has 2 aromatic rings. The fourth-order valence-electron chi connectivity index (χ4n) is 1.33. The molecule has 2 aromatic carbocycles. The summed E-state index contributed by atoms with van der Waals surface area (Å²) in [6, 6.07) is 11.9. The van der Waals surface area contributed by atoms with Crippen molar-refractivity contribution in [2.45, 2.75) is 12.3 Å². The first-order valence-electron chi connectivity index (χ1n) is 4.04. The molecular formula is C11H15NO3S. The van der Waals surface area contributed by atoms with Crippen LogP contribution in [0.1, 0.15) is 7.43 Å². The molecule has 2 rings (SSSR count). The van der Waals surface area contributed by atoms with Crippen molar-refractivity contribution >= 4 is 20.9 Å². The predicted molar refractivity (Wildman–Crippen MR) is 65.5 cm³/mol. The number of hydrogen-bond donors (Lipinski definition) is 2. The van der Waals surface area contributed by atoms with Crippen molar-refractivity contribution < 1.29 is 13.0 Å². The molecule has 0 aliphatic carbocycles. The Morgan fingerprint density at radius 2 is 1.50 bits per heavy atom. The average Bonchev–Trinajstić information content (AvgIpc) is 2.16. The highest BCUT2D eigenvalue weighted by Crippen LogP contribution is 2.18. The Kier molecular flexibility index (Phi) is 4.61. The molecule has 0 aliphatic heterocycles. The molecule has 0 radical (unpaired) electrons. The number of hydrogen-bond acceptors (Lipinski definition) is 3. The van der Waals surface area contributed by atoms with Gasteiger partial charge in [-0.05, 0) is 22.9 Å². The lowest BCUT2D eigenvalue weighted by Crippen LogP contribution is -1.97. The van der Waals surface area contributed by atoms with Crippen molar-refractivity contribution in [2.24, 2.45) is 0 Å². The molecule has 16 heavy (non-hydrogen) atoms. The maximum Gasteiger partial charge on any atom is 0.294 e. The molecule has 0 atom stereocenters. The molecule has 4 nitrogen and oxygen atoms in total. The summed E-state index contributed by atoms with van der Waals surface area (Å²) in [6.07, 6.45) is 0. The Labute approximate surface area is 95.2 Å². The van der Waals surface area contributed by atoms with E-state index in [4.69, 9.17) is 4.55 Å². The SMILES string of the molecule is C.N.O=S(=O)(O)c1ccc2ccccc2c1. The van der Waals surface area contributed by atoms with Gasteiger partial charge in [0.25, 0.3) is 10.1 Å². The molecule has 0 fully saturated rings. The lowest BCUT2D eigenvalue weighted by molar-refractivity contribution is 0.483. The quantitative estimate of drug-likeness (QED) is 0.751. The number of rotatable bonds is 1. The van der Waals surface area contributed by atoms with Gasteiger partial charge in [0.15, 0.2) is 0 Å². The normalized spacial score (nSPS) is 10.3. The van der Waals surface area contributed by atoms with Gasteiger partial charge in [0, 0.05) is 0 Å². The first-order chi connectivity index (χ1) is 6.57. The molecule has 0 aliphatic rings. The van der Waals surface area contributed by atoms with E-state index in [-0.39, 0.29) is 18.5 Å². The van der Waals surface area contributed by atoms with E-state index in [0.717, 1.165) is 10.8 Å². The fraction of sp³-hybridized carbons (Fsp3) is 0.0909. The zero-order valence-electron chi connectivity index (χ0n) is 7.92. The molecule has 0 amide bonds. The molecular weight excluding hydrogens is 226 g/mol. The standard InChI is InChI=1S/C10H8O3S.CH4.H3N/c11-14(12,13)10-6-5-8-3-1-2-4-9(8)7-10;;/h1-7H,(H,11,12,13);1H4;1H3. The minimum Gasteiger partial charge on any atom is -0.344 e. The third-order valence-electron chi connectivity index (χ3n) is 2.02. The summed E-state index contributed by atoms with van der Waals surface area (Å²) in [5.74, 6) is 0. The van der Waals surface area contributed by atoms with E-state index in [1.807, 2.05) is 18.2 Å². The minimum absolute atomic E-state index is 0. The molecule has 5 heteroatoms. The highest BCUT2D eigenvalue weighted by Gasteiger charge is 2.08. The number of benzene rings is 2. The van der Waals surface area contributed by atoms with E-state index < -0.39 is 10.1 Å². The summed E-state index contributed by atoms with van der Waals surface area (Å²) in [6.45, 7) is 0. The van der Waals surface area contributed by atoms with Crippen molar-refractivity contribution in [3.8, 4) is 0 Å². The monoisotopic (exact) mass is 241 g/mol. The molecule has 0 bridgehead atoms. The lowest BCUT2D eigenvalue weighted by atomic mass is 10.1. The van der Waals surface area contributed by atoms with Crippen molar-refractivity contribution in [3.05, 3.63) is 42.5 Å². The molecule has 88 valence electrons. The van der Waals surface area contributed by atoms with Crippen LogP contribution in [-0.4, -0.2) is 13.0 Å². The highest BCUT2D eigenvalue weighted by molar-refractivity contribution is 7.85. The van der Waals surface area contributed by atoms with Crippen LogP contribution in [-0.2, 0) is 10.1 Å². The minimum atomic E-state index is -4.09. The van der Waals surface area contributed by atoms with Gasteiger partial charge in [0.2, 0.25) is 0 Å². The van der Waals surface area contributed by atoms with Gasteiger partial charge in [-0.2, -0.15) is 8.42 Å². The van der Waals surface area contributed by atoms with Gasteiger partial charge in [-0.1, -0.05) is 37.8 Å². The van der Waals surface area contributed by atoms with Gasteiger partial charge in [-0.25, -0.2) is 0 Å². The summed E-state index contributed by atoms with van der Waals surface area (Å²) in [5, 5.41) is 1.74. The highest BCUT2D eigenvalue weighted by atomic mass is 32.2. The smallest absolute Gasteiger partial charge is 0.294 e. The first-order valence-corrected chi connectivity index (χ1v) is 5.48. The van der Waals surface area contributed by atoms with Crippen molar-refractivity contribution in [3.63, 3.8) is 0 Å². The summed E-state index contributed by atoms with van der Waals surface area (Å²) < 4.78 is 30.5. The van der Waals surface area contributed by atoms with E-state index >= 15 is 0 Å². The molecule has 0 saturated carbocycles. The van der Waals surface area contributed by atoms with E-state index in [1.165, 1.54) is 12.1 Å². The van der Waals surface area contributed by atoms with Crippen LogP contribution < -0.4 is 6.15 Å². The molecule has 4 N–H and O–H groups in total. The summed E-state index contributed by atoms with van der Waals surface area (Å²) >= 11 is 0. The van der Waals surface area contributed by atoms with Gasteiger partial charge in [-0.3, -0.25) is 4.55 Å². The van der Waals surface area contributed by atoms with Crippen LogP contribution >= 0.6 is 0 Å². The summed E-state index contributed by atoms with van der Waals surface area (Å²) in [7, 11) is -4.09. The van der Waals surface area contributed by atoms with Crippen LogP contribution in [0.25, 0.3) is 10.8 Å². The molecule has 0 spiro atoms. The average molecular weight is 241 g/mol. The third-order valence-corrected chi connectivity index (χ3v) is 2.87. The molecule has 0 unspecified atom stereocenters. The van der Waals surface area contributed by atoms with Gasteiger partial charge in [0.05, 0.1) is 4.90 Å². The summed E-state index contributed by atoms with van der Waals surface area (Å²) in [4.78, 5) is -0.0730. The van der Waals surface area contributed by atoms with Gasteiger partial charge in [0.1, 0.15) is 0 Å². The van der Waals surface area contributed by atoms with Crippen molar-refractivity contribution in [2.75, 3.05) is 0 Å². The van der Waals surface area contributed by atoms with Crippen LogP contribution in [0.3, 0.4) is 0 Å². The van der Waals surface area contributed by atoms with Crippen LogP contribution in [0.5, 0.6) is 0 Å². The first kappa shape index (κ1) is 14.6. The largest absolute Gasteiger partial charge is 0.344 e. The van der Waals surface area contributed by atoms with E-state index in [0.29, 0.717) is 0 Å². The van der Waals surface area contributed by atoms with Gasteiger partial charge < -0.3 is 6.15 Å². The Hall–Kier alpha value is -1.43. The van der Waals surface area contributed by atoms with Crippen LogP contribution in [0.15, 0.2) is 47.4 Å². The van der Waals surface area contributed by atoms with Gasteiger partial charge in [-0.15, -0.1) is 0 Å². The Morgan fingerprint density at radius 1 is 0.938 bits per heavy atom. The van der Waals surface area contributed by atoms with Crippen molar-refractivity contribution in [1.29, 1.82) is 0 Å². The van der Waals surface area contributed by atoms with E-state index in [1.54, 1.807) is 12.1 Å². The second-order valence-corrected chi connectivity index (χ2v) is 4.41. The zero-order valence-corrected chi connectivity index (χ0v) is 8.74. The summed E-state index contributed by atoms with van der Waals surface area (Å²) in [5.41, 5.74) is 0. The maximum absolute atomic E-state index is 10.8.